The minimum absolute atomic E-state index is 0.253. The lowest BCUT2D eigenvalue weighted by molar-refractivity contribution is 0.00337. The maximum atomic E-state index is 9.45. The summed E-state index contributed by atoms with van der Waals surface area (Å²) in [6.45, 7) is 9.45. The van der Waals surface area contributed by atoms with Gasteiger partial charge in [-0.25, -0.2) is 0 Å². The fourth-order valence-corrected chi connectivity index (χ4v) is 2.65. The van der Waals surface area contributed by atoms with Gasteiger partial charge < -0.3 is 4.74 Å². The van der Waals surface area contributed by atoms with Crippen molar-refractivity contribution in [2.45, 2.75) is 77.5 Å². The molecule has 1 fully saturated rings. The van der Waals surface area contributed by atoms with Gasteiger partial charge in [-0.1, -0.05) is 13.8 Å². The van der Waals surface area contributed by atoms with Gasteiger partial charge in [0.2, 0.25) is 0 Å². The van der Waals surface area contributed by atoms with Crippen LogP contribution in [0, 0.1) is 17.2 Å². The summed E-state index contributed by atoms with van der Waals surface area (Å²) in [5.41, 5.74) is -0.366. The van der Waals surface area contributed by atoms with Crippen LogP contribution >= 0.6 is 0 Å². The van der Waals surface area contributed by atoms with Crippen molar-refractivity contribution in [3.63, 3.8) is 0 Å². The summed E-state index contributed by atoms with van der Waals surface area (Å²) >= 11 is 0. The molecule has 0 aromatic rings. The highest BCUT2D eigenvalue weighted by atomic mass is 16.5. The zero-order valence-electron chi connectivity index (χ0n) is 12.3. The van der Waals surface area contributed by atoms with Gasteiger partial charge >= 0.3 is 0 Å². The van der Waals surface area contributed by atoms with E-state index in [1.165, 1.54) is 0 Å². The van der Waals surface area contributed by atoms with Crippen molar-refractivity contribution < 1.29 is 4.74 Å². The standard InChI is InChI=1S/C15H28N2O/c1-12(2)7-9-18-14-6-5-8-15(10-14,11-16)17-13(3)4/h12-14,17H,5-10H2,1-4H3. The van der Waals surface area contributed by atoms with Crippen LogP contribution in [0.15, 0.2) is 0 Å². The second-order valence-corrected chi connectivity index (χ2v) is 6.26. The number of nitrogens with zero attached hydrogens (tertiary/aromatic N) is 1. The van der Waals surface area contributed by atoms with Crippen LogP contribution in [0.1, 0.15) is 59.8 Å². The monoisotopic (exact) mass is 252 g/mol. The third-order valence-corrected chi connectivity index (χ3v) is 3.53. The summed E-state index contributed by atoms with van der Waals surface area (Å²) < 4.78 is 5.94. The lowest BCUT2D eigenvalue weighted by Gasteiger charge is -2.37. The zero-order valence-corrected chi connectivity index (χ0v) is 12.3. The fourth-order valence-electron chi connectivity index (χ4n) is 2.65. The third-order valence-electron chi connectivity index (χ3n) is 3.53. The van der Waals surface area contributed by atoms with E-state index in [9.17, 15) is 5.26 Å². The molecule has 1 aliphatic rings. The van der Waals surface area contributed by atoms with Gasteiger partial charge in [0, 0.05) is 19.1 Å². The molecular weight excluding hydrogens is 224 g/mol. The summed E-state index contributed by atoms with van der Waals surface area (Å²) in [6.07, 6.45) is 5.32. The van der Waals surface area contributed by atoms with Crippen LogP contribution in [0.2, 0.25) is 0 Å². The maximum absolute atomic E-state index is 9.45. The molecule has 18 heavy (non-hydrogen) atoms. The van der Waals surface area contributed by atoms with Crippen LogP contribution in [0.25, 0.3) is 0 Å². The van der Waals surface area contributed by atoms with E-state index in [-0.39, 0.29) is 11.6 Å². The van der Waals surface area contributed by atoms with E-state index in [4.69, 9.17) is 4.74 Å². The lowest BCUT2D eigenvalue weighted by Crippen LogP contribution is -2.52. The number of ether oxygens (including phenoxy) is 1. The lowest BCUT2D eigenvalue weighted by atomic mass is 9.80. The third kappa shape index (κ3) is 4.96. The zero-order chi connectivity index (χ0) is 13.6. The molecule has 0 bridgehead atoms. The highest BCUT2D eigenvalue weighted by Crippen LogP contribution is 2.30. The van der Waals surface area contributed by atoms with Gasteiger partial charge in [0.05, 0.1) is 12.2 Å². The molecule has 1 saturated carbocycles. The first-order valence-electron chi connectivity index (χ1n) is 7.28. The largest absolute Gasteiger partial charge is 0.378 e. The smallest absolute Gasteiger partial charge is 0.109 e. The van der Waals surface area contributed by atoms with E-state index < -0.39 is 0 Å². The van der Waals surface area contributed by atoms with Crippen LogP contribution in [0.4, 0.5) is 0 Å². The van der Waals surface area contributed by atoms with E-state index in [0.29, 0.717) is 12.0 Å². The number of rotatable bonds is 6. The minimum atomic E-state index is -0.366. The molecule has 3 nitrogen and oxygen atoms in total. The summed E-state index contributed by atoms with van der Waals surface area (Å²) in [5.74, 6) is 0.683. The molecule has 3 heteroatoms. The Bertz CT molecular complexity index is 283. The van der Waals surface area contributed by atoms with Crippen LogP contribution in [-0.4, -0.2) is 24.3 Å². The molecule has 1 aliphatic carbocycles. The molecular formula is C15H28N2O. The van der Waals surface area contributed by atoms with Gasteiger partial charge in [0.25, 0.3) is 0 Å². The maximum Gasteiger partial charge on any atom is 0.109 e. The molecule has 0 aromatic carbocycles. The van der Waals surface area contributed by atoms with Crippen molar-refractivity contribution in [2.24, 2.45) is 5.92 Å². The summed E-state index contributed by atoms with van der Waals surface area (Å²) in [7, 11) is 0. The Morgan fingerprint density at radius 1 is 1.39 bits per heavy atom. The van der Waals surface area contributed by atoms with Crippen molar-refractivity contribution >= 4 is 0 Å². The van der Waals surface area contributed by atoms with Gasteiger partial charge in [-0.15, -0.1) is 0 Å². The van der Waals surface area contributed by atoms with Crippen molar-refractivity contribution in [3.8, 4) is 6.07 Å². The minimum Gasteiger partial charge on any atom is -0.378 e. The van der Waals surface area contributed by atoms with Crippen molar-refractivity contribution in [2.75, 3.05) is 6.61 Å². The van der Waals surface area contributed by atoms with Gasteiger partial charge in [0.15, 0.2) is 0 Å². The van der Waals surface area contributed by atoms with Crippen LogP contribution in [0.3, 0.4) is 0 Å². The van der Waals surface area contributed by atoms with E-state index in [0.717, 1.165) is 38.7 Å². The van der Waals surface area contributed by atoms with Crippen molar-refractivity contribution in [3.05, 3.63) is 0 Å². The van der Waals surface area contributed by atoms with E-state index in [1.54, 1.807) is 0 Å². The van der Waals surface area contributed by atoms with Crippen LogP contribution in [0.5, 0.6) is 0 Å². The Morgan fingerprint density at radius 3 is 2.67 bits per heavy atom. The Labute approximate surface area is 112 Å². The van der Waals surface area contributed by atoms with Gasteiger partial charge in [0.1, 0.15) is 5.54 Å². The average molecular weight is 252 g/mol. The Morgan fingerprint density at radius 2 is 2.11 bits per heavy atom. The second kappa shape index (κ2) is 7.11. The predicted molar refractivity (Wildman–Crippen MR) is 74.3 cm³/mol. The summed E-state index contributed by atoms with van der Waals surface area (Å²) in [6, 6.07) is 2.83. The van der Waals surface area contributed by atoms with Crippen LogP contribution in [-0.2, 0) is 4.74 Å². The molecule has 1 N–H and O–H groups in total. The number of nitrogens with one attached hydrogen (secondary N) is 1. The molecule has 0 saturated heterocycles. The normalized spacial score (nSPS) is 28.6. The molecule has 1 rings (SSSR count). The first-order chi connectivity index (χ1) is 8.47. The fraction of sp³-hybridized carbons (Fsp3) is 0.933. The number of nitriles is 1. The summed E-state index contributed by atoms with van der Waals surface area (Å²) in [4.78, 5) is 0. The van der Waals surface area contributed by atoms with Crippen LogP contribution < -0.4 is 5.32 Å². The molecule has 0 amide bonds. The molecule has 0 aromatic heterocycles. The Kier molecular flexibility index (Phi) is 6.11. The van der Waals surface area contributed by atoms with Gasteiger partial charge in [-0.2, -0.15) is 5.26 Å². The SMILES string of the molecule is CC(C)CCOC1CCCC(C#N)(NC(C)C)C1. The van der Waals surface area contributed by atoms with E-state index in [1.807, 2.05) is 0 Å². The first-order valence-corrected chi connectivity index (χ1v) is 7.28. The molecule has 104 valence electrons. The Hall–Kier alpha value is -0.590. The van der Waals surface area contributed by atoms with Crippen molar-refractivity contribution in [1.82, 2.24) is 5.32 Å². The Balaban J connectivity index is 2.46. The second-order valence-electron chi connectivity index (χ2n) is 6.26. The molecule has 0 spiro atoms. The molecule has 2 atom stereocenters. The molecule has 0 heterocycles. The quantitative estimate of drug-likeness (QED) is 0.789. The molecule has 0 radical (unpaired) electrons. The molecule has 2 unspecified atom stereocenters. The van der Waals surface area contributed by atoms with E-state index in [2.05, 4.69) is 39.1 Å². The number of hydrogen-bond donors (Lipinski definition) is 1. The van der Waals surface area contributed by atoms with E-state index >= 15 is 0 Å². The first kappa shape index (κ1) is 15.5. The highest BCUT2D eigenvalue weighted by molar-refractivity contribution is 5.10. The summed E-state index contributed by atoms with van der Waals surface area (Å²) in [5, 5.41) is 12.9. The topological polar surface area (TPSA) is 45.0 Å². The highest BCUT2D eigenvalue weighted by Gasteiger charge is 2.37. The van der Waals surface area contributed by atoms with Crippen molar-refractivity contribution in [1.29, 1.82) is 5.26 Å². The average Bonchev–Trinajstić information content (AvgIpc) is 2.28. The number of hydrogen-bond acceptors (Lipinski definition) is 3. The molecule has 0 aliphatic heterocycles. The van der Waals surface area contributed by atoms with Gasteiger partial charge in [-0.3, -0.25) is 5.32 Å². The predicted octanol–water partition coefficient (Wildman–Crippen LogP) is 3.25. The van der Waals surface area contributed by atoms with Gasteiger partial charge in [-0.05, 0) is 45.4 Å².